The van der Waals surface area contributed by atoms with Crippen molar-refractivity contribution in [2.45, 2.75) is 20.4 Å². The van der Waals surface area contributed by atoms with Crippen molar-refractivity contribution in [1.29, 1.82) is 5.26 Å². The van der Waals surface area contributed by atoms with Crippen molar-refractivity contribution in [3.8, 4) is 6.07 Å². The summed E-state index contributed by atoms with van der Waals surface area (Å²) in [6, 6.07) is 12.0. The Morgan fingerprint density at radius 1 is 1.12 bits per heavy atom. The molecule has 1 saturated heterocycles. The molecule has 2 aromatic rings. The van der Waals surface area contributed by atoms with E-state index in [2.05, 4.69) is 11.0 Å². The van der Waals surface area contributed by atoms with Crippen molar-refractivity contribution >= 4 is 5.91 Å². The first-order valence-electron chi connectivity index (χ1n) is 8.63. The van der Waals surface area contributed by atoms with Crippen molar-refractivity contribution < 1.29 is 4.79 Å². The largest absolute Gasteiger partial charge is 0.340 e. The Bertz CT molecular complexity index is 805. The third-order valence-corrected chi connectivity index (χ3v) is 5.11. The number of aryl methyl sites for hydroxylation is 1. The first-order valence-corrected chi connectivity index (χ1v) is 8.63. The van der Waals surface area contributed by atoms with Crippen LogP contribution in [0.1, 0.15) is 32.9 Å². The normalized spacial score (nSPS) is 15.2. The maximum absolute atomic E-state index is 12.6. The van der Waals surface area contributed by atoms with Gasteiger partial charge < -0.3 is 9.47 Å². The van der Waals surface area contributed by atoms with Crippen LogP contribution in [-0.4, -0.2) is 46.5 Å². The molecular formula is C20H24N4O. The number of hydrogen-bond acceptors (Lipinski definition) is 3. The summed E-state index contributed by atoms with van der Waals surface area (Å²) in [6.45, 7) is 8.09. The topological polar surface area (TPSA) is 52.3 Å². The molecule has 0 N–H and O–H groups in total. The van der Waals surface area contributed by atoms with E-state index in [0.29, 0.717) is 5.69 Å². The van der Waals surface area contributed by atoms with E-state index in [0.717, 1.165) is 49.5 Å². The number of carbonyl (C=O) groups excluding carboxylic acids is 1. The molecule has 25 heavy (non-hydrogen) atoms. The van der Waals surface area contributed by atoms with Crippen molar-refractivity contribution in [3.05, 3.63) is 58.4 Å². The van der Waals surface area contributed by atoms with Crippen LogP contribution in [0.2, 0.25) is 0 Å². The van der Waals surface area contributed by atoms with Crippen LogP contribution < -0.4 is 0 Å². The van der Waals surface area contributed by atoms with Crippen molar-refractivity contribution in [1.82, 2.24) is 14.4 Å². The highest BCUT2D eigenvalue weighted by Gasteiger charge is 2.23. The fraction of sp³-hybridized carbons (Fsp3) is 0.400. The highest BCUT2D eigenvalue weighted by Crippen LogP contribution is 2.17. The number of benzene rings is 1. The highest BCUT2D eigenvalue weighted by molar-refractivity contribution is 5.94. The van der Waals surface area contributed by atoms with E-state index >= 15 is 0 Å². The Labute approximate surface area is 149 Å². The fourth-order valence-corrected chi connectivity index (χ4v) is 3.26. The molecule has 0 bridgehead atoms. The van der Waals surface area contributed by atoms with Gasteiger partial charge in [-0.05, 0) is 37.6 Å². The lowest BCUT2D eigenvalue weighted by Gasteiger charge is -2.34. The number of nitrogens with zero attached hydrogens (tertiary/aromatic N) is 4. The summed E-state index contributed by atoms with van der Waals surface area (Å²) < 4.78 is 1.94. The van der Waals surface area contributed by atoms with E-state index in [1.165, 1.54) is 5.56 Å². The first-order chi connectivity index (χ1) is 12.0. The molecule has 0 radical (unpaired) electrons. The Balaban J connectivity index is 1.60. The molecule has 1 aliphatic heterocycles. The van der Waals surface area contributed by atoms with Crippen molar-refractivity contribution in [3.63, 3.8) is 0 Å². The van der Waals surface area contributed by atoms with E-state index in [4.69, 9.17) is 5.26 Å². The zero-order valence-corrected chi connectivity index (χ0v) is 15.1. The number of nitriles is 1. The molecule has 0 saturated carbocycles. The Hall–Kier alpha value is -2.58. The number of aromatic nitrogens is 1. The molecule has 5 heteroatoms. The van der Waals surface area contributed by atoms with Gasteiger partial charge in [0, 0.05) is 51.0 Å². The summed E-state index contributed by atoms with van der Waals surface area (Å²) in [5.41, 5.74) is 4.95. The number of rotatable bonds is 3. The minimum absolute atomic E-state index is 0.113. The first kappa shape index (κ1) is 17.2. The van der Waals surface area contributed by atoms with E-state index in [1.54, 1.807) is 0 Å². The molecule has 1 aromatic heterocycles. The molecule has 0 atom stereocenters. The number of amides is 1. The predicted molar refractivity (Wildman–Crippen MR) is 97.2 cm³/mol. The van der Waals surface area contributed by atoms with Crippen LogP contribution in [0, 0.1) is 25.2 Å². The van der Waals surface area contributed by atoms with Gasteiger partial charge in [0.15, 0.2) is 0 Å². The van der Waals surface area contributed by atoms with Gasteiger partial charge in [0.1, 0.15) is 11.8 Å². The van der Waals surface area contributed by atoms with Gasteiger partial charge in [0.25, 0.3) is 5.91 Å². The van der Waals surface area contributed by atoms with Gasteiger partial charge in [0.05, 0.1) is 0 Å². The summed E-state index contributed by atoms with van der Waals surface area (Å²) in [6.07, 6.45) is 0. The van der Waals surface area contributed by atoms with Gasteiger partial charge >= 0.3 is 0 Å². The SMILES string of the molecule is Cc1ccc(C(=O)N2CCN(Cc3cc(C#N)n(C)c3C)CC2)cc1. The Morgan fingerprint density at radius 3 is 2.32 bits per heavy atom. The molecule has 1 aliphatic rings. The minimum Gasteiger partial charge on any atom is -0.340 e. The van der Waals surface area contributed by atoms with Gasteiger partial charge in [0.2, 0.25) is 0 Å². The van der Waals surface area contributed by atoms with Gasteiger partial charge in [-0.1, -0.05) is 17.7 Å². The van der Waals surface area contributed by atoms with Crippen LogP contribution in [0.3, 0.4) is 0 Å². The van der Waals surface area contributed by atoms with E-state index < -0.39 is 0 Å². The molecule has 1 aromatic carbocycles. The van der Waals surface area contributed by atoms with Gasteiger partial charge in [-0.2, -0.15) is 5.26 Å². The zero-order chi connectivity index (χ0) is 18.0. The lowest BCUT2D eigenvalue weighted by Crippen LogP contribution is -2.48. The predicted octanol–water partition coefficient (Wildman–Crippen LogP) is 2.47. The summed E-state index contributed by atoms with van der Waals surface area (Å²) in [4.78, 5) is 16.9. The summed E-state index contributed by atoms with van der Waals surface area (Å²) in [7, 11) is 1.93. The van der Waals surface area contributed by atoms with Crippen LogP contribution >= 0.6 is 0 Å². The van der Waals surface area contributed by atoms with Gasteiger partial charge in [-0.25, -0.2) is 0 Å². The summed E-state index contributed by atoms with van der Waals surface area (Å²) in [5, 5.41) is 9.15. The van der Waals surface area contributed by atoms with Crippen molar-refractivity contribution in [2.75, 3.05) is 26.2 Å². The number of hydrogen-bond donors (Lipinski definition) is 0. The number of carbonyl (C=O) groups is 1. The molecule has 5 nitrogen and oxygen atoms in total. The molecule has 1 fully saturated rings. The lowest BCUT2D eigenvalue weighted by molar-refractivity contribution is 0.0628. The van der Waals surface area contributed by atoms with E-state index in [9.17, 15) is 4.79 Å². The maximum Gasteiger partial charge on any atom is 0.253 e. The molecule has 3 rings (SSSR count). The van der Waals surface area contributed by atoms with E-state index in [1.807, 2.05) is 60.7 Å². The Kier molecular flexibility index (Phi) is 4.91. The molecule has 0 unspecified atom stereocenters. The lowest BCUT2D eigenvalue weighted by atomic mass is 10.1. The quantitative estimate of drug-likeness (QED) is 0.865. The number of piperazine rings is 1. The van der Waals surface area contributed by atoms with Crippen molar-refractivity contribution in [2.24, 2.45) is 7.05 Å². The molecular weight excluding hydrogens is 312 g/mol. The molecule has 130 valence electrons. The second kappa shape index (κ2) is 7.12. The molecule has 2 heterocycles. The maximum atomic E-state index is 12.6. The van der Waals surface area contributed by atoms with Crippen LogP contribution in [0.5, 0.6) is 0 Å². The zero-order valence-electron chi connectivity index (χ0n) is 15.1. The highest BCUT2D eigenvalue weighted by atomic mass is 16.2. The second-order valence-electron chi connectivity index (χ2n) is 6.75. The average Bonchev–Trinajstić information content (AvgIpc) is 2.90. The summed E-state index contributed by atoms with van der Waals surface area (Å²) in [5.74, 6) is 0.113. The minimum atomic E-state index is 0.113. The van der Waals surface area contributed by atoms with Crippen LogP contribution in [-0.2, 0) is 13.6 Å². The van der Waals surface area contributed by atoms with Gasteiger partial charge in [-0.3, -0.25) is 9.69 Å². The fourth-order valence-electron chi connectivity index (χ4n) is 3.26. The van der Waals surface area contributed by atoms with Crippen LogP contribution in [0.15, 0.2) is 30.3 Å². The monoisotopic (exact) mass is 336 g/mol. The van der Waals surface area contributed by atoms with Crippen LogP contribution in [0.4, 0.5) is 0 Å². The molecule has 0 aliphatic carbocycles. The molecule has 0 spiro atoms. The standard InChI is InChI=1S/C20H24N4O/c1-15-4-6-17(7-5-15)20(25)24-10-8-23(9-11-24)14-18-12-19(13-21)22(3)16(18)2/h4-7,12H,8-11,14H2,1-3H3. The van der Waals surface area contributed by atoms with Crippen LogP contribution in [0.25, 0.3) is 0 Å². The third-order valence-electron chi connectivity index (χ3n) is 5.11. The second-order valence-corrected chi connectivity index (χ2v) is 6.75. The Morgan fingerprint density at radius 2 is 1.76 bits per heavy atom. The summed E-state index contributed by atoms with van der Waals surface area (Å²) >= 11 is 0. The smallest absolute Gasteiger partial charge is 0.253 e. The average molecular weight is 336 g/mol. The van der Waals surface area contributed by atoms with Gasteiger partial charge in [-0.15, -0.1) is 0 Å². The molecule has 1 amide bonds. The third kappa shape index (κ3) is 3.59. The van der Waals surface area contributed by atoms with E-state index in [-0.39, 0.29) is 5.91 Å².